The molecule has 3 N–H and O–H groups in total. The number of piperidine rings is 1. The molecule has 1 aliphatic heterocycles. The van der Waals surface area contributed by atoms with Crippen LogP contribution in [0.3, 0.4) is 0 Å². The van der Waals surface area contributed by atoms with Gasteiger partial charge in [0.2, 0.25) is 11.8 Å². The number of hydrogen-bond donors (Lipinski definition) is 3. The van der Waals surface area contributed by atoms with Gasteiger partial charge in [-0.15, -0.1) is 0 Å². The Kier molecular flexibility index (Phi) is 7.38. The molecule has 1 aromatic heterocycles. The predicted molar refractivity (Wildman–Crippen MR) is 117 cm³/mol. The molecular weight excluding hydrogens is 398 g/mol. The zero-order valence-electron chi connectivity index (χ0n) is 18.0. The smallest absolute Gasteiger partial charge is 0.315 e. The highest BCUT2D eigenvalue weighted by Crippen LogP contribution is 2.20. The topological polar surface area (TPSA) is 122 Å². The molecule has 0 saturated carbocycles. The van der Waals surface area contributed by atoms with Gasteiger partial charge < -0.3 is 10.6 Å². The average Bonchev–Trinajstić information content (AvgIpc) is 2.73. The molecule has 0 spiro atoms. The number of nitrogens with zero attached hydrogens (tertiary/aromatic N) is 2. The molecule has 4 amide bonds. The van der Waals surface area contributed by atoms with Crippen LogP contribution in [-0.4, -0.2) is 33.9 Å². The zero-order chi connectivity index (χ0) is 22.4. The molecule has 166 valence electrons. The number of unbranched alkanes of at least 4 members (excludes halogenated alkanes) is 3. The molecule has 1 saturated heterocycles. The van der Waals surface area contributed by atoms with Crippen LogP contribution in [0.4, 0.5) is 4.79 Å². The van der Waals surface area contributed by atoms with E-state index in [0.29, 0.717) is 23.3 Å². The molecule has 1 aliphatic rings. The van der Waals surface area contributed by atoms with Crippen LogP contribution < -0.4 is 21.5 Å². The maximum Gasteiger partial charge on any atom is 0.315 e. The summed E-state index contributed by atoms with van der Waals surface area (Å²) in [7, 11) is 0. The molecule has 1 aromatic carbocycles. The van der Waals surface area contributed by atoms with Crippen molar-refractivity contribution < 1.29 is 14.4 Å². The van der Waals surface area contributed by atoms with Crippen LogP contribution in [0.1, 0.15) is 62.9 Å². The third kappa shape index (κ3) is 5.48. The Bertz CT molecular complexity index is 1050. The number of fused-ring (bicyclic) bond motifs is 1. The summed E-state index contributed by atoms with van der Waals surface area (Å²) in [6.45, 7) is 4.71. The Morgan fingerprint density at radius 1 is 1.19 bits per heavy atom. The van der Waals surface area contributed by atoms with Crippen molar-refractivity contribution in [3.05, 3.63) is 39.9 Å². The Morgan fingerprint density at radius 2 is 2.00 bits per heavy atom. The first kappa shape index (κ1) is 22.5. The quantitative estimate of drug-likeness (QED) is 0.440. The number of carbonyl (C=O) groups is 3. The van der Waals surface area contributed by atoms with Crippen molar-refractivity contribution in [2.24, 2.45) is 0 Å². The number of hydrogen-bond acceptors (Lipinski definition) is 5. The maximum atomic E-state index is 13.2. The lowest BCUT2D eigenvalue weighted by atomic mass is 10.0. The minimum absolute atomic E-state index is 0.178. The van der Waals surface area contributed by atoms with E-state index in [2.05, 4.69) is 27.9 Å². The Labute approximate surface area is 180 Å². The minimum Gasteiger partial charge on any atom is -0.338 e. The lowest BCUT2D eigenvalue weighted by molar-refractivity contribution is -0.135. The first-order valence-corrected chi connectivity index (χ1v) is 10.8. The largest absolute Gasteiger partial charge is 0.338 e. The highest BCUT2D eigenvalue weighted by Gasteiger charge is 2.30. The summed E-state index contributed by atoms with van der Waals surface area (Å²) in [6, 6.07) is 4.22. The second kappa shape index (κ2) is 10.2. The second-order valence-corrected chi connectivity index (χ2v) is 7.82. The summed E-state index contributed by atoms with van der Waals surface area (Å²) >= 11 is 0. The van der Waals surface area contributed by atoms with Crippen LogP contribution in [0.25, 0.3) is 10.9 Å². The van der Waals surface area contributed by atoms with Crippen LogP contribution in [0.15, 0.2) is 23.0 Å². The standard InChI is InChI=1S/C22H29N5O4/c1-3-4-5-6-11-23-22(31)24-13-15-7-8-17-16(12-15)21(30)27(14(2)25-17)18-9-10-19(28)26-20(18)29/h7-8,12,18H,3-6,9-11,13H2,1-2H3,(H2,23,24,31)(H,26,28,29)/t18-/m1/s1. The number of nitrogens with one attached hydrogen (secondary N) is 3. The van der Waals surface area contributed by atoms with Crippen LogP contribution in [0, 0.1) is 6.92 Å². The molecule has 31 heavy (non-hydrogen) atoms. The van der Waals surface area contributed by atoms with Crippen LogP contribution in [-0.2, 0) is 16.1 Å². The van der Waals surface area contributed by atoms with Crippen molar-refractivity contribution in [2.45, 2.75) is 65.0 Å². The van der Waals surface area contributed by atoms with Gasteiger partial charge in [-0.05, 0) is 37.5 Å². The number of carbonyl (C=O) groups excluding carboxylic acids is 3. The first-order chi connectivity index (χ1) is 14.9. The van der Waals surface area contributed by atoms with Gasteiger partial charge >= 0.3 is 6.03 Å². The predicted octanol–water partition coefficient (Wildman–Crippen LogP) is 2.06. The summed E-state index contributed by atoms with van der Waals surface area (Å²) in [6.07, 6.45) is 4.78. The lowest BCUT2D eigenvalue weighted by Gasteiger charge is -2.24. The van der Waals surface area contributed by atoms with E-state index in [9.17, 15) is 19.2 Å². The van der Waals surface area contributed by atoms with Crippen LogP contribution in [0.5, 0.6) is 0 Å². The number of urea groups is 1. The van der Waals surface area contributed by atoms with E-state index in [1.165, 1.54) is 4.57 Å². The minimum atomic E-state index is -0.762. The molecule has 9 nitrogen and oxygen atoms in total. The van der Waals surface area contributed by atoms with Crippen molar-refractivity contribution >= 4 is 28.7 Å². The number of aromatic nitrogens is 2. The second-order valence-electron chi connectivity index (χ2n) is 7.82. The molecule has 0 unspecified atom stereocenters. The van der Waals surface area contributed by atoms with Crippen molar-refractivity contribution in [2.75, 3.05) is 6.54 Å². The third-order valence-electron chi connectivity index (χ3n) is 5.43. The summed E-state index contributed by atoms with van der Waals surface area (Å²) < 4.78 is 1.35. The molecule has 0 aliphatic carbocycles. The van der Waals surface area contributed by atoms with E-state index in [4.69, 9.17) is 0 Å². The van der Waals surface area contributed by atoms with Crippen molar-refractivity contribution in [3.63, 3.8) is 0 Å². The van der Waals surface area contributed by atoms with Gasteiger partial charge in [-0.1, -0.05) is 32.3 Å². The Balaban J connectivity index is 1.73. The van der Waals surface area contributed by atoms with Gasteiger partial charge in [-0.25, -0.2) is 9.78 Å². The SMILES string of the molecule is CCCCCCNC(=O)NCc1ccc2nc(C)n([C@@H]3CCC(=O)NC3=O)c(=O)c2c1. The normalized spacial score (nSPS) is 16.3. The molecule has 2 aromatic rings. The van der Waals surface area contributed by atoms with Crippen molar-refractivity contribution in [3.8, 4) is 0 Å². The fourth-order valence-electron chi connectivity index (χ4n) is 3.76. The monoisotopic (exact) mass is 427 g/mol. The highest BCUT2D eigenvalue weighted by atomic mass is 16.2. The molecule has 9 heteroatoms. The molecule has 2 heterocycles. The Morgan fingerprint density at radius 3 is 2.74 bits per heavy atom. The molecule has 0 bridgehead atoms. The fourth-order valence-corrected chi connectivity index (χ4v) is 3.76. The van der Waals surface area contributed by atoms with E-state index >= 15 is 0 Å². The van der Waals surface area contributed by atoms with Crippen molar-refractivity contribution in [1.29, 1.82) is 0 Å². The summed E-state index contributed by atoms with van der Waals surface area (Å²) in [4.78, 5) is 53.3. The van der Waals surface area contributed by atoms with Gasteiger partial charge in [0.15, 0.2) is 0 Å². The number of rotatable bonds is 8. The lowest BCUT2D eigenvalue weighted by Crippen LogP contribution is -2.45. The zero-order valence-corrected chi connectivity index (χ0v) is 18.0. The van der Waals surface area contributed by atoms with Gasteiger partial charge in [0.1, 0.15) is 11.9 Å². The van der Waals surface area contributed by atoms with Gasteiger partial charge in [-0.2, -0.15) is 0 Å². The van der Waals surface area contributed by atoms with Gasteiger partial charge in [0.25, 0.3) is 5.56 Å². The third-order valence-corrected chi connectivity index (χ3v) is 5.43. The van der Waals surface area contributed by atoms with Crippen LogP contribution >= 0.6 is 0 Å². The number of amides is 4. The molecule has 0 radical (unpaired) electrons. The molecule has 1 fully saturated rings. The van der Waals surface area contributed by atoms with Crippen molar-refractivity contribution in [1.82, 2.24) is 25.5 Å². The average molecular weight is 428 g/mol. The van der Waals surface area contributed by atoms with E-state index in [1.54, 1.807) is 19.1 Å². The fraction of sp³-hybridized carbons (Fsp3) is 0.500. The number of aryl methyl sites for hydroxylation is 1. The number of benzene rings is 1. The number of imide groups is 1. The maximum absolute atomic E-state index is 13.2. The van der Waals surface area contributed by atoms with Crippen LogP contribution in [0.2, 0.25) is 0 Å². The first-order valence-electron chi connectivity index (χ1n) is 10.8. The molecule has 3 rings (SSSR count). The summed E-state index contributed by atoms with van der Waals surface area (Å²) in [5, 5.41) is 8.28. The Hall–Kier alpha value is -3.23. The van der Waals surface area contributed by atoms with Gasteiger partial charge in [0.05, 0.1) is 10.9 Å². The van der Waals surface area contributed by atoms with E-state index in [-0.39, 0.29) is 36.9 Å². The van der Waals surface area contributed by atoms with E-state index in [1.807, 2.05) is 6.07 Å². The highest BCUT2D eigenvalue weighted by molar-refractivity contribution is 5.99. The van der Waals surface area contributed by atoms with Gasteiger partial charge in [-0.3, -0.25) is 24.3 Å². The molecular formula is C22H29N5O4. The van der Waals surface area contributed by atoms with E-state index < -0.39 is 11.9 Å². The molecule has 1 atom stereocenters. The summed E-state index contributed by atoms with van der Waals surface area (Å²) in [5.41, 5.74) is 0.945. The van der Waals surface area contributed by atoms with Gasteiger partial charge in [0, 0.05) is 19.5 Å². The van der Waals surface area contributed by atoms with E-state index in [0.717, 1.165) is 31.2 Å². The summed E-state index contributed by atoms with van der Waals surface area (Å²) in [5.74, 6) is -0.408.